The molecular weight excluding hydrogens is 794 g/mol. The Kier molecular flexibility index (Phi) is 15.0. The SMILES string of the molecule is C=CCOC12Oc3ccc(OCCN4CC4)cc3C3C(CCCCO)C(CCCCO)C=C(C(=NOC(C)(C)C)CC1N(Cc1cccc4ccccc14)C(=O)OCCCl)C32. The molecule has 3 aromatic carbocycles. The van der Waals surface area contributed by atoms with Gasteiger partial charge in [-0.25, -0.2) is 4.79 Å². The molecule has 1 saturated carbocycles. The van der Waals surface area contributed by atoms with Crippen molar-refractivity contribution in [1.82, 2.24) is 9.80 Å². The van der Waals surface area contributed by atoms with Gasteiger partial charge in [0.15, 0.2) is 0 Å². The molecule has 61 heavy (non-hydrogen) atoms. The third-order valence-electron chi connectivity index (χ3n) is 12.4. The Bertz CT molecular complexity index is 2020. The number of rotatable bonds is 21. The summed E-state index contributed by atoms with van der Waals surface area (Å²) in [7, 11) is 0. The number of amides is 1. The van der Waals surface area contributed by atoms with E-state index >= 15 is 0 Å². The lowest BCUT2D eigenvalue weighted by Crippen LogP contribution is -2.70. The van der Waals surface area contributed by atoms with Crippen molar-refractivity contribution in [3.8, 4) is 11.5 Å². The fourth-order valence-corrected chi connectivity index (χ4v) is 9.72. The Morgan fingerprint density at radius 2 is 1.80 bits per heavy atom. The van der Waals surface area contributed by atoms with Gasteiger partial charge in [0.05, 0.1) is 30.7 Å². The first-order valence-electron chi connectivity index (χ1n) is 22.2. The number of ether oxygens (including phenoxy) is 4. The van der Waals surface area contributed by atoms with Gasteiger partial charge in [0, 0.05) is 50.8 Å². The molecule has 330 valence electrons. The zero-order valence-corrected chi connectivity index (χ0v) is 36.9. The van der Waals surface area contributed by atoms with Crippen LogP contribution in [0.15, 0.2) is 90.1 Å². The van der Waals surface area contributed by atoms with Crippen LogP contribution < -0.4 is 9.47 Å². The van der Waals surface area contributed by atoms with Crippen LogP contribution >= 0.6 is 11.6 Å². The number of oxime groups is 1. The quantitative estimate of drug-likeness (QED) is 0.0356. The summed E-state index contributed by atoms with van der Waals surface area (Å²) >= 11 is 6.16. The van der Waals surface area contributed by atoms with E-state index in [4.69, 9.17) is 40.5 Å². The molecule has 7 rings (SSSR count). The largest absolute Gasteiger partial charge is 0.492 e. The summed E-state index contributed by atoms with van der Waals surface area (Å²) in [5, 5.41) is 27.0. The van der Waals surface area contributed by atoms with Crippen LogP contribution in [0.3, 0.4) is 0 Å². The van der Waals surface area contributed by atoms with Crippen LogP contribution in [0.4, 0.5) is 4.79 Å². The number of aliphatic hydroxyl groups excluding tert-OH is 2. The van der Waals surface area contributed by atoms with Crippen molar-refractivity contribution in [2.45, 2.75) is 95.6 Å². The monoisotopic (exact) mass is 857 g/mol. The predicted octanol–water partition coefficient (Wildman–Crippen LogP) is 8.84. The van der Waals surface area contributed by atoms with E-state index < -0.39 is 29.4 Å². The fraction of sp³-hybridized carbons (Fsp3) is 0.551. The van der Waals surface area contributed by atoms with E-state index in [1.165, 1.54) is 0 Å². The predicted molar refractivity (Wildman–Crippen MR) is 239 cm³/mol. The molecule has 1 amide bonds. The molecule has 0 radical (unpaired) electrons. The Morgan fingerprint density at radius 3 is 2.54 bits per heavy atom. The first-order chi connectivity index (χ1) is 29.6. The normalized spacial score (nSPS) is 24.9. The van der Waals surface area contributed by atoms with E-state index in [-0.39, 0.29) is 63.0 Å². The summed E-state index contributed by atoms with van der Waals surface area (Å²) in [6, 6.07) is 19.6. The van der Waals surface area contributed by atoms with E-state index in [0.29, 0.717) is 25.2 Å². The van der Waals surface area contributed by atoms with Crippen molar-refractivity contribution in [2.75, 3.05) is 58.5 Å². The van der Waals surface area contributed by atoms with Crippen molar-refractivity contribution < 1.29 is 38.8 Å². The number of alkyl halides is 1. The summed E-state index contributed by atoms with van der Waals surface area (Å²) in [6.45, 7) is 14.2. The molecule has 1 saturated heterocycles. The van der Waals surface area contributed by atoms with Gasteiger partial charge in [0.25, 0.3) is 0 Å². The number of unbranched alkanes of at least 4 members (excludes halogenated alkanes) is 2. The average molecular weight is 859 g/mol. The van der Waals surface area contributed by atoms with E-state index in [1.807, 2.05) is 57.2 Å². The maximum absolute atomic E-state index is 14.7. The lowest BCUT2D eigenvalue weighted by molar-refractivity contribution is -0.256. The van der Waals surface area contributed by atoms with Crippen molar-refractivity contribution in [3.63, 3.8) is 0 Å². The first kappa shape index (κ1) is 44.9. The van der Waals surface area contributed by atoms with Gasteiger partial charge in [-0.3, -0.25) is 9.80 Å². The topological polar surface area (TPSA) is 122 Å². The van der Waals surface area contributed by atoms with Gasteiger partial charge in [-0.2, -0.15) is 0 Å². The average Bonchev–Trinajstić information content (AvgIpc) is 4.09. The summed E-state index contributed by atoms with van der Waals surface area (Å²) in [4.78, 5) is 25.1. The third-order valence-corrected chi connectivity index (χ3v) is 12.6. The molecule has 11 nitrogen and oxygen atoms in total. The molecule has 12 heteroatoms. The van der Waals surface area contributed by atoms with Gasteiger partial charge < -0.3 is 34.0 Å². The van der Waals surface area contributed by atoms with Crippen LogP contribution in [-0.2, 0) is 20.9 Å². The van der Waals surface area contributed by atoms with Crippen molar-refractivity contribution >= 4 is 34.2 Å². The number of aliphatic hydroxyl groups is 2. The van der Waals surface area contributed by atoms with Gasteiger partial charge in [-0.05, 0) is 98.4 Å². The molecule has 0 bridgehead atoms. The number of hydrogen-bond donors (Lipinski definition) is 2. The molecule has 4 aliphatic rings. The maximum atomic E-state index is 14.7. The minimum absolute atomic E-state index is 0.0254. The molecule has 0 spiro atoms. The van der Waals surface area contributed by atoms with Gasteiger partial charge in [0.1, 0.15) is 36.4 Å². The Labute approximate surface area is 366 Å². The van der Waals surface area contributed by atoms with Gasteiger partial charge >= 0.3 is 6.09 Å². The van der Waals surface area contributed by atoms with Gasteiger partial charge in [-0.1, -0.05) is 72.6 Å². The number of allylic oxidation sites excluding steroid dienone is 1. The highest BCUT2D eigenvalue weighted by Gasteiger charge is 2.65. The van der Waals surface area contributed by atoms with Crippen LogP contribution in [0.5, 0.6) is 11.5 Å². The molecule has 6 atom stereocenters. The van der Waals surface area contributed by atoms with E-state index in [2.05, 4.69) is 41.8 Å². The number of fused-ring (bicyclic) bond motifs is 3. The lowest BCUT2D eigenvalue weighted by atomic mass is 9.55. The Hall–Kier alpha value is -4.13. The number of halogens is 1. The molecule has 2 fully saturated rings. The van der Waals surface area contributed by atoms with Crippen molar-refractivity contribution in [3.05, 3.63) is 96.1 Å². The highest BCUT2D eigenvalue weighted by molar-refractivity contribution is 6.18. The summed E-state index contributed by atoms with van der Waals surface area (Å²) in [5.41, 5.74) is 3.05. The summed E-state index contributed by atoms with van der Waals surface area (Å²) in [6.07, 6.45) is 8.51. The Balaban J connectivity index is 1.45. The third kappa shape index (κ3) is 10.4. The van der Waals surface area contributed by atoms with E-state index in [0.717, 1.165) is 84.3 Å². The highest BCUT2D eigenvalue weighted by atomic mass is 35.5. The second kappa shape index (κ2) is 20.4. The summed E-state index contributed by atoms with van der Waals surface area (Å²) < 4.78 is 26.9. The van der Waals surface area contributed by atoms with Gasteiger partial charge in [0.2, 0.25) is 5.79 Å². The molecule has 2 aliphatic carbocycles. The number of benzene rings is 3. The van der Waals surface area contributed by atoms with Crippen LogP contribution in [0.25, 0.3) is 10.8 Å². The standard InChI is InChI=1S/C49H64ClN3O8/c1-5-27-59-49-44(53(47(56)58-28-21-50)33-36-16-12-15-34-13-6-7-17-38(34)36)32-42(51-61-48(2,3)4)40-30-35(14-8-10-25-54)39(18-9-11-26-55)45(46(40)49)41-31-37(19-20-43(41)60-49)57-29-24-52-22-23-52/h5-7,12-13,15-17,19-20,30-31,35,39,44-46,54-55H,1,8-11,14,18,21-29,32-33H2,2-4H3. The molecule has 2 N–H and O–H groups in total. The number of hydrogen-bond acceptors (Lipinski definition) is 10. The second-order valence-electron chi connectivity index (χ2n) is 17.7. The first-order valence-corrected chi connectivity index (χ1v) is 22.7. The number of nitrogens with zero attached hydrogens (tertiary/aromatic N) is 3. The lowest BCUT2D eigenvalue weighted by Gasteiger charge is -2.60. The minimum Gasteiger partial charge on any atom is -0.492 e. The smallest absolute Gasteiger partial charge is 0.410 e. The zero-order valence-electron chi connectivity index (χ0n) is 36.1. The number of carbonyl (C=O) groups excluding carboxylic acids is 1. The molecular formula is C49H64ClN3O8. The van der Waals surface area contributed by atoms with Crippen LogP contribution in [0, 0.1) is 17.8 Å². The Morgan fingerprint density at radius 1 is 1.03 bits per heavy atom. The zero-order chi connectivity index (χ0) is 43.0. The van der Waals surface area contributed by atoms with Crippen molar-refractivity contribution in [1.29, 1.82) is 0 Å². The minimum atomic E-state index is -1.43. The van der Waals surface area contributed by atoms with Crippen LogP contribution in [0.1, 0.15) is 82.8 Å². The van der Waals surface area contributed by atoms with E-state index in [1.54, 1.807) is 11.0 Å². The molecule has 0 aromatic heterocycles. The van der Waals surface area contributed by atoms with Crippen LogP contribution in [0.2, 0.25) is 0 Å². The molecule has 6 unspecified atom stereocenters. The summed E-state index contributed by atoms with van der Waals surface area (Å²) in [5.74, 6) is -0.309. The molecule has 2 heterocycles. The van der Waals surface area contributed by atoms with Crippen molar-refractivity contribution in [2.24, 2.45) is 22.9 Å². The maximum Gasteiger partial charge on any atom is 0.410 e. The highest BCUT2D eigenvalue weighted by Crippen LogP contribution is 2.62. The van der Waals surface area contributed by atoms with E-state index in [9.17, 15) is 15.0 Å². The van der Waals surface area contributed by atoms with Gasteiger partial charge in [-0.15, -0.1) is 18.2 Å². The number of carbonyl (C=O) groups is 1. The molecule has 3 aromatic rings. The molecule has 2 aliphatic heterocycles. The van der Waals surface area contributed by atoms with Crippen LogP contribution in [-0.4, -0.2) is 108 Å². The fourth-order valence-electron chi connectivity index (χ4n) is 9.64. The second-order valence-corrected chi connectivity index (χ2v) is 18.1.